The highest BCUT2D eigenvalue weighted by molar-refractivity contribution is 7.85. The van der Waals surface area contributed by atoms with Gasteiger partial charge in [0, 0.05) is 27.8 Å². The van der Waals surface area contributed by atoms with Gasteiger partial charge < -0.3 is 5.32 Å². The van der Waals surface area contributed by atoms with E-state index in [1.165, 1.54) is 0 Å². The average Bonchev–Trinajstić information content (AvgIpc) is 2.22. The molecule has 1 N–H and O–H groups in total. The Hall–Kier alpha value is 0.110. The van der Waals surface area contributed by atoms with Gasteiger partial charge in [-0.25, -0.2) is 0 Å². The smallest absolute Gasteiger partial charge is 0.0394 e. The topological polar surface area (TPSA) is 29.1 Å². The molecule has 0 saturated heterocycles. The second kappa shape index (κ2) is 8.28. The van der Waals surface area contributed by atoms with Crippen LogP contribution in [-0.4, -0.2) is 27.8 Å². The molecular formula is C12H27NOS. The van der Waals surface area contributed by atoms with Crippen LogP contribution in [0, 0.1) is 5.92 Å². The van der Waals surface area contributed by atoms with E-state index in [1.54, 1.807) is 0 Å². The van der Waals surface area contributed by atoms with Crippen molar-refractivity contribution in [2.24, 2.45) is 5.92 Å². The summed E-state index contributed by atoms with van der Waals surface area (Å²) in [6.45, 7) is 11.7. The molecule has 92 valence electrons. The van der Waals surface area contributed by atoms with Crippen LogP contribution in [0.15, 0.2) is 0 Å². The second-order valence-corrected chi connectivity index (χ2v) is 6.58. The summed E-state index contributed by atoms with van der Waals surface area (Å²) < 4.78 is 11.8. The highest BCUT2D eigenvalue weighted by Gasteiger charge is 2.19. The summed E-state index contributed by atoms with van der Waals surface area (Å²) >= 11 is 0. The Morgan fingerprint density at radius 2 is 1.80 bits per heavy atom. The molecule has 3 heteroatoms. The maximum absolute atomic E-state index is 11.8. The van der Waals surface area contributed by atoms with Crippen molar-refractivity contribution in [2.45, 2.75) is 58.8 Å². The second-order valence-electron chi connectivity index (χ2n) is 4.54. The first-order valence-corrected chi connectivity index (χ1v) is 7.51. The maximum Gasteiger partial charge on any atom is 0.0394 e. The van der Waals surface area contributed by atoms with Crippen LogP contribution in [0.1, 0.15) is 47.5 Å². The van der Waals surface area contributed by atoms with E-state index >= 15 is 0 Å². The molecule has 0 aromatic carbocycles. The Balaban J connectivity index is 4.17. The van der Waals surface area contributed by atoms with Crippen LogP contribution in [-0.2, 0) is 10.8 Å². The lowest BCUT2D eigenvalue weighted by Crippen LogP contribution is -2.40. The number of nitrogens with one attached hydrogen (secondary N) is 1. The fourth-order valence-electron chi connectivity index (χ4n) is 1.41. The van der Waals surface area contributed by atoms with Gasteiger partial charge in [0.25, 0.3) is 0 Å². The third-order valence-corrected chi connectivity index (χ3v) is 4.60. The normalized spacial score (nSPS) is 17.7. The van der Waals surface area contributed by atoms with Gasteiger partial charge in [-0.2, -0.15) is 0 Å². The molecule has 3 unspecified atom stereocenters. The quantitative estimate of drug-likeness (QED) is 0.698. The van der Waals surface area contributed by atoms with E-state index < -0.39 is 10.8 Å². The predicted octanol–water partition coefficient (Wildman–Crippen LogP) is 2.56. The minimum Gasteiger partial charge on any atom is -0.313 e. The van der Waals surface area contributed by atoms with E-state index in [0.717, 1.165) is 25.1 Å². The van der Waals surface area contributed by atoms with E-state index in [1.807, 2.05) is 13.8 Å². The van der Waals surface area contributed by atoms with Gasteiger partial charge in [0.05, 0.1) is 0 Å². The SMILES string of the molecule is CCCNC(CS(=O)C(C)C)C(C)CC. The highest BCUT2D eigenvalue weighted by Crippen LogP contribution is 2.10. The lowest BCUT2D eigenvalue weighted by atomic mass is 10.0. The van der Waals surface area contributed by atoms with Crippen molar-refractivity contribution in [1.82, 2.24) is 5.32 Å². The van der Waals surface area contributed by atoms with Gasteiger partial charge in [0.1, 0.15) is 0 Å². The first kappa shape index (κ1) is 15.1. The predicted molar refractivity (Wildman–Crippen MR) is 69.7 cm³/mol. The molecule has 3 atom stereocenters. The first-order valence-electron chi connectivity index (χ1n) is 6.13. The lowest BCUT2D eigenvalue weighted by molar-refractivity contribution is 0.394. The third kappa shape index (κ3) is 6.31. The van der Waals surface area contributed by atoms with Gasteiger partial charge in [-0.05, 0) is 18.9 Å². The number of rotatable bonds is 8. The van der Waals surface area contributed by atoms with Gasteiger partial charge in [-0.3, -0.25) is 4.21 Å². The Bertz CT molecular complexity index is 182. The molecular weight excluding hydrogens is 206 g/mol. The molecule has 0 radical (unpaired) electrons. The molecule has 0 rings (SSSR count). The fourth-order valence-corrected chi connectivity index (χ4v) is 2.59. The van der Waals surface area contributed by atoms with Crippen molar-refractivity contribution in [1.29, 1.82) is 0 Å². The van der Waals surface area contributed by atoms with E-state index in [-0.39, 0.29) is 5.25 Å². The molecule has 0 aliphatic heterocycles. The Morgan fingerprint density at radius 1 is 1.20 bits per heavy atom. The monoisotopic (exact) mass is 233 g/mol. The summed E-state index contributed by atoms with van der Waals surface area (Å²) in [5, 5.41) is 3.79. The van der Waals surface area contributed by atoms with E-state index in [4.69, 9.17) is 0 Å². The highest BCUT2D eigenvalue weighted by atomic mass is 32.2. The van der Waals surface area contributed by atoms with Crippen molar-refractivity contribution in [3.05, 3.63) is 0 Å². The van der Waals surface area contributed by atoms with Gasteiger partial charge in [-0.15, -0.1) is 0 Å². The molecule has 0 aromatic rings. The number of hydrogen-bond acceptors (Lipinski definition) is 2. The lowest BCUT2D eigenvalue weighted by Gasteiger charge is -2.24. The molecule has 0 heterocycles. The van der Waals surface area contributed by atoms with Crippen molar-refractivity contribution in [3.63, 3.8) is 0 Å². The zero-order chi connectivity index (χ0) is 11.8. The van der Waals surface area contributed by atoms with Crippen LogP contribution in [0.4, 0.5) is 0 Å². The van der Waals surface area contributed by atoms with Crippen LogP contribution in [0.3, 0.4) is 0 Å². The Labute approximate surface area is 97.7 Å². The summed E-state index contributed by atoms with van der Waals surface area (Å²) in [6.07, 6.45) is 2.29. The van der Waals surface area contributed by atoms with E-state index in [2.05, 4.69) is 26.1 Å². The van der Waals surface area contributed by atoms with Gasteiger partial charge in [-0.1, -0.05) is 41.0 Å². The van der Waals surface area contributed by atoms with Crippen LogP contribution in [0.5, 0.6) is 0 Å². The van der Waals surface area contributed by atoms with Crippen molar-refractivity contribution < 1.29 is 4.21 Å². The minimum absolute atomic E-state index is 0.278. The maximum atomic E-state index is 11.8. The van der Waals surface area contributed by atoms with Crippen molar-refractivity contribution in [2.75, 3.05) is 12.3 Å². The molecule has 0 amide bonds. The van der Waals surface area contributed by atoms with Crippen molar-refractivity contribution >= 4 is 10.8 Å². The molecule has 0 saturated carbocycles. The molecule has 0 bridgehead atoms. The summed E-state index contributed by atoms with van der Waals surface area (Å²) in [5.74, 6) is 1.41. The molecule has 0 aliphatic rings. The number of hydrogen-bond donors (Lipinski definition) is 1. The molecule has 2 nitrogen and oxygen atoms in total. The molecule has 0 aromatic heterocycles. The molecule has 0 spiro atoms. The fraction of sp³-hybridized carbons (Fsp3) is 1.00. The summed E-state index contributed by atoms with van der Waals surface area (Å²) in [4.78, 5) is 0. The molecule has 0 fully saturated rings. The largest absolute Gasteiger partial charge is 0.313 e. The average molecular weight is 233 g/mol. The van der Waals surface area contributed by atoms with E-state index in [0.29, 0.717) is 12.0 Å². The first-order chi connectivity index (χ1) is 7.02. The zero-order valence-corrected chi connectivity index (χ0v) is 11.7. The molecule has 15 heavy (non-hydrogen) atoms. The Morgan fingerprint density at radius 3 is 2.20 bits per heavy atom. The summed E-state index contributed by atoms with van der Waals surface area (Å²) in [7, 11) is -0.690. The van der Waals surface area contributed by atoms with Crippen molar-refractivity contribution in [3.8, 4) is 0 Å². The Kier molecular flexibility index (Phi) is 8.34. The van der Waals surface area contributed by atoms with Gasteiger partial charge in [0.15, 0.2) is 0 Å². The summed E-state index contributed by atoms with van der Waals surface area (Å²) in [5.41, 5.74) is 0. The van der Waals surface area contributed by atoms with Crippen LogP contribution < -0.4 is 5.32 Å². The van der Waals surface area contributed by atoms with E-state index in [9.17, 15) is 4.21 Å². The van der Waals surface area contributed by atoms with Gasteiger partial charge in [0.2, 0.25) is 0 Å². The standard InChI is InChI=1S/C12H27NOS/c1-6-8-13-12(11(5)7-2)9-15(14)10(3)4/h10-13H,6-9H2,1-5H3. The zero-order valence-electron chi connectivity index (χ0n) is 10.9. The van der Waals surface area contributed by atoms with Crippen LogP contribution >= 0.6 is 0 Å². The van der Waals surface area contributed by atoms with Gasteiger partial charge >= 0.3 is 0 Å². The molecule has 0 aliphatic carbocycles. The third-order valence-electron chi connectivity index (χ3n) is 2.86. The minimum atomic E-state index is -0.690. The van der Waals surface area contributed by atoms with Crippen LogP contribution in [0.2, 0.25) is 0 Å². The summed E-state index contributed by atoms with van der Waals surface area (Å²) in [6, 6.07) is 0.415. The van der Waals surface area contributed by atoms with Crippen LogP contribution in [0.25, 0.3) is 0 Å².